The first-order valence-electron chi connectivity index (χ1n) is 4.51. The molecule has 0 aliphatic carbocycles. The fraction of sp³-hybridized carbons (Fsp3) is 0.100. The van der Waals surface area contributed by atoms with Gasteiger partial charge in [0.25, 0.3) is 0 Å². The average Bonchev–Trinajstić information content (AvgIpc) is 2.71. The third-order valence-corrected chi connectivity index (χ3v) is 2.70. The minimum absolute atomic E-state index is 0.0559. The van der Waals surface area contributed by atoms with Gasteiger partial charge in [0.15, 0.2) is 0 Å². The lowest BCUT2D eigenvalue weighted by molar-refractivity contribution is 0.581. The topological polar surface area (TPSA) is 43.8 Å². The van der Waals surface area contributed by atoms with Crippen molar-refractivity contribution in [2.75, 3.05) is 0 Å². The summed E-state index contributed by atoms with van der Waals surface area (Å²) in [5.41, 5.74) is 6.05. The SMILES string of the molecule is NCc1ccn(-c2cc(F)c(Br)cc2F)n1. The molecule has 6 heteroatoms. The molecule has 0 spiro atoms. The maximum absolute atomic E-state index is 13.5. The van der Waals surface area contributed by atoms with Crippen molar-refractivity contribution in [3.05, 3.63) is 46.2 Å². The number of benzene rings is 1. The van der Waals surface area contributed by atoms with E-state index < -0.39 is 11.6 Å². The van der Waals surface area contributed by atoms with Gasteiger partial charge in [0.2, 0.25) is 0 Å². The zero-order valence-corrected chi connectivity index (χ0v) is 9.71. The molecule has 0 atom stereocenters. The Bertz CT molecular complexity index is 525. The van der Waals surface area contributed by atoms with Crippen molar-refractivity contribution < 1.29 is 8.78 Å². The van der Waals surface area contributed by atoms with Crippen LogP contribution < -0.4 is 5.73 Å². The van der Waals surface area contributed by atoms with Gasteiger partial charge < -0.3 is 5.73 Å². The van der Waals surface area contributed by atoms with Gasteiger partial charge in [0, 0.05) is 18.8 Å². The van der Waals surface area contributed by atoms with Crippen LogP contribution in [0.1, 0.15) is 5.69 Å². The fourth-order valence-corrected chi connectivity index (χ4v) is 1.61. The van der Waals surface area contributed by atoms with E-state index in [1.165, 1.54) is 10.9 Å². The molecule has 2 rings (SSSR count). The molecule has 0 bridgehead atoms. The van der Waals surface area contributed by atoms with E-state index in [0.29, 0.717) is 5.69 Å². The van der Waals surface area contributed by atoms with Gasteiger partial charge in [-0.05, 0) is 28.1 Å². The van der Waals surface area contributed by atoms with Gasteiger partial charge in [-0.15, -0.1) is 0 Å². The molecule has 1 heterocycles. The van der Waals surface area contributed by atoms with Crippen molar-refractivity contribution in [3.63, 3.8) is 0 Å². The normalized spacial score (nSPS) is 10.8. The quantitative estimate of drug-likeness (QED) is 0.862. The monoisotopic (exact) mass is 287 g/mol. The molecule has 3 nitrogen and oxygen atoms in total. The number of aromatic nitrogens is 2. The molecule has 0 fully saturated rings. The van der Waals surface area contributed by atoms with Crippen LogP contribution in [0, 0.1) is 11.6 Å². The van der Waals surface area contributed by atoms with Crippen LogP contribution in [0.15, 0.2) is 28.9 Å². The van der Waals surface area contributed by atoms with E-state index in [1.54, 1.807) is 6.07 Å². The Labute approximate surface area is 99.0 Å². The molecule has 0 unspecified atom stereocenters. The molecule has 0 aliphatic heterocycles. The smallest absolute Gasteiger partial charge is 0.150 e. The Morgan fingerprint density at radius 2 is 2.06 bits per heavy atom. The van der Waals surface area contributed by atoms with E-state index in [-0.39, 0.29) is 16.7 Å². The zero-order valence-electron chi connectivity index (χ0n) is 8.12. The predicted molar refractivity (Wildman–Crippen MR) is 59.1 cm³/mol. The number of rotatable bonds is 2. The molecule has 0 radical (unpaired) electrons. The highest BCUT2D eigenvalue weighted by molar-refractivity contribution is 9.10. The molecular formula is C10H8BrF2N3. The second-order valence-electron chi connectivity index (χ2n) is 3.17. The van der Waals surface area contributed by atoms with E-state index in [1.807, 2.05) is 0 Å². The molecule has 0 saturated carbocycles. The van der Waals surface area contributed by atoms with E-state index in [2.05, 4.69) is 21.0 Å². The predicted octanol–water partition coefficient (Wildman–Crippen LogP) is 2.37. The Kier molecular flexibility index (Phi) is 3.02. The minimum atomic E-state index is -0.556. The van der Waals surface area contributed by atoms with Gasteiger partial charge in [-0.1, -0.05) is 0 Å². The standard InChI is InChI=1S/C10H8BrF2N3/c11-7-3-9(13)10(4-8(7)12)16-2-1-6(5-14)15-16/h1-4H,5,14H2. The molecule has 1 aromatic heterocycles. The fourth-order valence-electron chi connectivity index (χ4n) is 1.29. The van der Waals surface area contributed by atoms with Crippen LogP contribution >= 0.6 is 15.9 Å². The maximum atomic E-state index is 13.5. The Hall–Kier alpha value is -1.27. The van der Waals surface area contributed by atoms with Crippen LogP contribution in [0.5, 0.6) is 0 Å². The van der Waals surface area contributed by atoms with Gasteiger partial charge in [-0.2, -0.15) is 5.10 Å². The Morgan fingerprint density at radius 1 is 1.31 bits per heavy atom. The highest BCUT2D eigenvalue weighted by Gasteiger charge is 2.10. The summed E-state index contributed by atoms with van der Waals surface area (Å²) in [6, 6.07) is 3.79. The summed E-state index contributed by atoms with van der Waals surface area (Å²) in [6.45, 7) is 0.258. The van der Waals surface area contributed by atoms with Crippen LogP contribution in [0.3, 0.4) is 0 Å². The summed E-state index contributed by atoms with van der Waals surface area (Å²) in [5, 5.41) is 4.00. The first-order chi connectivity index (χ1) is 7.61. The van der Waals surface area contributed by atoms with Gasteiger partial charge in [0.1, 0.15) is 17.3 Å². The van der Waals surface area contributed by atoms with Crippen molar-refractivity contribution in [2.45, 2.75) is 6.54 Å². The molecule has 0 amide bonds. The van der Waals surface area contributed by atoms with Crippen LogP contribution in [0.2, 0.25) is 0 Å². The van der Waals surface area contributed by atoms with E-state index in [0.717, 1.165) is 12.1 Å². The zero-order chi connectivity index (χ0) is 11.7. The molecule has 2 aromatic rings. The van der Waals surface area contributed by atoms with Crippen molar-refractivity contribution in [1.82, 2.24) is 9.78 Å². The lowest BCUT2D eigenvalue weighted by Gasteiger charge is -2.04. The summed E-state index contributed by atoms with van der Waals surface area (Å²) in [7, 11) is 0. The second-order valence-corrected chi connectivity index (χ2v) is 4.03. The summed E-state index contributed by atoms with van der Waals surface area (Å²) < 4.78 is 28.1. The minimum Gasteiger partial charge on any atom is -0.325 e. The molecular weight excluding hydrogens is 280 g/mol. The molecule has 16 heavy (non-hydrogen) atoms. The highest BCUT2D eigenvalue weighted by atomic mass is 79.9. The van der Waals surface area contributed by atoms with E-state index >= 15 is 0 Å². The Balaban J connectivity index is 2.51. The van der Waals surface area contributed by atoms with E-state index in [9.17, 15) is 8.78 Å². The van der Waals surface area contributed by atoms with Crippen molar-refractivity contribution >= 4 is 15.9 Å². The lowest BCUT2D eigenvalue weighted by atomic mass is 10.3. The number of hydrogen-bond acceptors (Lipinski definition) is 2. The van der Waals surface area contributed by atoms with Gasteiger partial charge in [0.05, 0.1) is 10.2 Å². The van der Waals surface area contributed by atoms with Crippen LogP contribution in [0.4, 0.5) is 8.78 Å². The van der Waals surface area contributed by atoms with Crippen LogP contribution in [-0.4, -0.2) is 9.78 Å². The van der Waals surface area contributed by atoms with Crippen molar-refractivity contribution in [3.8, 4) is 5.69 Å². The molecule has 1 aromatic carbocycles. The van der Waals surface area contributed by atoms with Crippen LogP contribution in [-0.2, 0) is 6.54 Å². The van der Waals surface area contributed by atoms with Crippen molar-refractivity contribution in [2.24, 2.45) is 5.73 Å². The number of nitrogens with two attached hydrogens (primary N) is 1. The number of halogens is 3. The summed E-state index contributed by atoms with van der Waals surface area (Å²) in [4.78, 5) is 0. The average molecular weight is 288 g/mol. The highest BCUT2D eigenvalue weighted by Crippen LogP contribution is 2.22. The summed E-state index contributed by atoms with van der Waals surface area (Å²) in [6.07, 6.45) is 1.54. The molecule has 2 N–H and O–H groups in total. The number of hydrogen-bond donors (Lipinski definition) is 1. The van der Waals surface area contributed by atoms with Gasteiger partial charge in [-0.3, -0.25) is 0 Å². The third kappa shape index (κ3) is 1.98. The second kappa shape index (κ2) is 4.31. The molecule has 0 saturated heterocycles. The summed E-state index contributed by atoms with van der Waals surface area (Å²) in [5.74, 6) is -1.10. The first kappa shape index (κ1) is 11.2. The van der Waals surface area contributed by atoms with Crippen molar-refractivity contribution in [1.29, 1.82) is 0 Å². The number of nitrogens with zero attached hydrogens (tertiary/aromatic N) is 2. The largest absolute Gasteiger partial charge is 0.325 e. The first-order valence-corrected chi connectivity index (χ1v) is 5.30. The summed E-state index contributed by atoms with van der Waals surface area (Å²) >= 11 is 2.91. The molecule has 0 aliphatic rings. The lowest BCUT2D eigenvalue weighted by Crippen LogP contribution is -2.03. The van der Waals surface area contributed by atoms with Gasteiger partial charge >= 0.3 is 0 Å². The Morgan fingerprint density at radius 3 is 2.69 bits per heavy atom. The molecule has 84 valence electrons. The van der Waals surface area contributed by atoms with Crippen LogP contribution in [0.25, 0.3) is 5.69 Å². The van der Waals surface area contributed by atoms with Gasteiger partial charge in [-0.25, -0.2) is 13.5 Å². The maximum Gasteiger partial charge on any atom is 0.150 e. The van der Waals surface area contributed by atoms with E-state index in [4.69, 9.17) is 5.73 Å². The third-order valence-electron chi connectivity index (χ3n) is 2.09.